The molecule has 0 aromatic heterocycles. The number of nitrogens with two attached hydrogens (primary N) is 1. The molecule has 1 saturated heterocycles. The van der Waals surface area contributed by atoms with E-state index >= 15 is 0 Å². The van der Waals surface area contributed by atoms with Gasteiger partial charge >= 0.3 is 0 Å². The molecule has 27 heavy (non-hydrogen) atoms. The molecule has 2 aromatic carbocycles. The number of benzene rings is 2. The summed E-state index contributed by atoms with van der Waals surface area (Å²) in [6, 6.07) is 13.2. The Kier molecular flexibility index (Phi) is 8.35. The second-order valence-corrected chi connectivity index (χ2v) is 7.01. The Balaban J connectivity index is 0.00000261. The fourth-order valence-electron chi connectivity index (χ4n) is 3.68. The Morgan fingerprint density at radius 2 is 2.00 bits per heavy atom. The van der Waals surface area contributed by atoms with Gasteiger partial charge in [-0.15, -0.1) is 12.4 Å². The maximum atomic E-state index is 11.7. The second-order valence-electron chi connectivity index (χ2n) is 7.01. The molecule has 5 nitrogen and oxygen atoms in total. The molecule has 1 aliphatic heterocycles. The molecule has 0 aliphatic carbocycles. The van der Waals surface area contributed by atoms with Crippen molar-refractivity contribution in [3.8, 4) is 5.75 Å². The van der Waals surface area contributed by atoms with Crippen LogP contribution in [0.3, 0.4) is 0 Å². The number of carbonyl (C=O) groups excluding carboxylic acids is 1. The van der Waals surface area contributed by atoms with Gasteiger partial charge in [-0.1, -0.05) is 24.6 Å². The zero-order chi connectivity index (χ0) is 18.4. The molecule has 0 spiro atoms. The fraction of sp³-hybridized carbons (Fsp3) is 0.476. The molecule has 1 fully saturated rings. The van der Waals surface area contributed by atoms with E-state index in [9.17, 15) is 4.79 Å². The highest BCUT2D eigenvalue weighted by Gasteiger charge is 2.22. The third kappa shape index (κ3) is 5.83. The molecule has 6 heteroatoms. The minimum Gasteiger partial charge on any atom is -0.497 e. The summed E-state index contributed by atoms with van der Waals surface area (Å²) in [4.78, 5) is 14.2. The van der Waals surface area contributed by atoms with Crippen LogP contribution in [0.25, 0.3) is 10.8 Å². The zero-order valence-electron chi connectivity index (χ0n) is 15.9. The molecule has 1 aliphatic rings. The standard InChI is InChI=1S/C21H29N3O2.ClH/c1-26-20-8-7-17-12-16(5-6-18(17)13-20)15-24-11-3-2-4-19(24)14-23-21(25)9-10-22;/h5-8,12-13,19H,2-4,9-11,14-15,22H2,1H3,(H,23,25);1H. The molecule has 0 bridgehead atoms. The highest BCUT2D eigenvalue weighted by molar-refractivity contribution is 5.85. The van der Waals surface area contributed by atoms with Gasteiger partial charge < -0.3 is 15.8 Å². The van der Waals surface area contributed by atoms with E-state index in [1.165, 1.54) is 29.2 Å². The van der Waals surface area contributed by atoms with Crippen LogP contribution in [-0.4, -0.2) is 43.6 Å². The summed E-state index contributed by atoms with van der Waals surface area (Å²) in [5, 5.41) is 5.46. The van der Waals surface area contributed by atoms with E-state index in [-0.39, 0.29) is 18.3 Å². The van der Waals surface area contributed by atoms with E-state index in [1.807, 2.05) is 6.07 Å². The van der Waals surface area contributed by atoms with Gasteiger partial charge in [0.15, 0.2) is 0 Å². The number of piperidine rings is 1. The molecule has 1 amide bonds. The van der Waals surface area contributed by atoms with E-state index in [0.717, 1.165) is 25.3 Å². The number of ether oxygens (including phenoxy) is 1. The Morgan fingerprint density at radius 1 is 1.22 bits per heavy atom. The molecule has 2 aromatic rings. The summed E-state index contributed by atoms with van der Waals surface area (Å²) >= 11 is 0. The van der Waals surface area contributed by atoms with Gasteiger partial charge in [-0.25, -0.2) is 0 Å². The summed E-state index contributed by atoms with van der Waals surface area (Å²) < 4.78 is 5.30. The van der Waals surface area contributed by atoms with Crippen LogP contribution in [0.4, 0.5) is 0 Å². The lowest BCUT2D eigenvalue weighted by atomic mass is 10.00. The Bertz CT molecular complexity index is 753. The molecular formula is C21H30ClN3O2. The second kappa shape index (κ2) is 10.5. The number of nitrogens with one attached hydrogen (secondary N) is 1. The number of amides is 1. The Morgan fingerprint density at radius 3 is 2.78 bits per heavy atom. The van der Waals surface area contributed by atoms with E-state index < -0.39 is 0 Å². The van der Waals surface area contributed by atoms with Crippen LogP contribution in [0.15, 0.2) is 36.4 Å². The van der Waals surface area contributed by atoms with Crippen molar-refractivity contribution in [3.63, 3.8) is 0 Å². The monoisotopic (exact) mass is 391 g/mol. The topological polar surface area (TPSA) is 67.6 Å². The number of hydrogen-bond donors (Lipinski definition) is 2. The number of likely N-dealkylation sites (tertiary alicyclic amines) is 1. The maximum Gasteiger partial charge on any atom is 0.221 e. The predicted octanol–water partition coefficient (Wildman–Crippen LogP) is 3.09. The summed E-state index contributed by atoms with van der Waals surface area (Å²) in [7, 11) is 1.69. The summed E-state index contributed by atoms with van der Waals surface area (Å²) in [6.07, 6.45) is 3.98. The molecule has 1 heterocycles. The molecular weight excluding hydrogens is 362 g/mol. The third-order valence-corrected chi connectivity index (χ3v) is 5.15. The predicted molar refractivity (Wildman–Crippen MR) is 112 cm³/mol. The van der Waals surface area contributed by atoms with Gasteiger partial charge in [0, 0.05) is 32.1 Å². The summed E-state index contributed by atoms with van der Waals surface area (Å²) in [6.45, 7) is 3.11. The van der Waals surface area contributed by atoms with Crippen LogP contribution in [0, 0.1) is 0 Å². The van der Waals surface area contributed by atoms with Crippen LogP contribution in [-0.2, 0) is 11.3 Å². The van der Waals surface area contributed by atoms with Crippen molar-refractivity contribution in [2.24, 2.45) is 5.73 Å². The molecule has 0 radical (unpaired) electrons. The van der Waals surface area contributed by atoms with Gasteiger partial charge in [-0.05, 0) is 53.9 Å². The fourth-order valence-corrected chi connectivity index (χ4v) is 3.68. The molecule has 3 rings (SSSR count). The van der Waals surface area contributed by atoms with Crippen molar-refractivity contribution in [1.29, 1.82) is 0 Å². The summed E-state index contributed by atoms with van der Waals surface area (Å²) in [5.41, 5.74) is 6.76. The number of carbonyl (C=O) groups is 1. The lowest BCUT2D eigenvalue weighted by molar-refractivity contribution is -0.121. The molecule has 3 N–H and O–H groups in total. The van der Waals surface area contributed by atoms with E-state index in [2.05, 4.69) is 40.5 Å². The Labute approximate surface area is 167 Å². The highest BCUT2D eigenvalue weighted by Crippen LogP contribution is 2.24. The largest absolute Gasteiger partial charge is 0.497 e. The summed E-state index contributed by atoms with van der Waals surface area (Å²) in [5.74, 6) is 0.937. The lowest BCUT2D eigenvalue weighted by Gasteiger charge is -2.36. The first-order chi connectivity index (χ1) is 12.7. The maximum absolute atomic E-state index is 11.7. The van der Waals surface area contributed by atoms with E-state index in [0.29, 0.717) is 25.6 Å². The number of methoxy groups -OCH3 is 1. The van der Waals surface area contributed by atoms with E-state index in [4.69, 9.17) is 10.5 Å². The average molecular weight is 392 g/mol. The zero-order valence-corrected chi connectivity index (χ0v) is 16.8. The number of nitrogens with zero attached hydrogens (tertiary/aromatic N) is 1. The van der Waals surface area contributed by atoms with Gasteiger partial charge in [0.25, 0.3) is 0 Å². The first kappa shape index (κ1) is 21.5. The van der Waals surface area contributed by atoms with Gasteiger partial charge in [0.2, 0.25) is 5.91 Å². The van der Waals surface area contributed by atoms with Gasteiger partial charge in [0.1, 0.15) is 5.75 Å². The van der Waals surface area contributed by atoms with Crippen molar-refractivity contribution in [2.75, 3.05) is 26.7 Å². The van der Waals surface area contributed by atoms with Gasteiger partial charge in [0.05, 0.1) is 7.11 Å². The van der Waals surface area contributed by atoms with Crippen LogP contribution < -0.4 is 15.8 Å². The van der Waals surface area contributed by atoms with Crippen molar-refractivity contribution in [1.82, 2.24) is 10.2 Å². The number of rotatable bonds is 7. The molecule has 148 valence electrons. The first-order valence-electron chi connectivity index (χ1n) is 9.47. The normalized spacial score (nSPS) is 17.3. The quantitative estimate of drug-likeness (QED) is 0.761. The average Bonchev–Trinajstić information content (AvgIpc) is 2.67. The van der Waals surface area contributed by atoms with Crippen LogP contribution in [0.5, 0.6) is 5.75 Å². The minimum atomic E-state index is 0. The van der Waals surface area contributed by atoms with E-state index in [1.54, 1.807) is 7.11 Å². The molecule has 1 unspecified atom stereocenters. The van der Waals surface area contributed by atoms with Crippen molar-refractivity contribution < 1.29 is 9.53 Å². The Hall–Kier alpha value is -1.82. The SMILES string of the molecule is COc1ccc2cc(CN3CCCCC3CNC(=O)CCN)ccc2c1.Cl. The number of halogens is 1. The lowest BCUT2D eigenvalue weighted by Crippen LogP contribution is -2.46. The first-order valence-corrected chi connectivity index (χ1v) is 9.47. The minimum absolute atomic E-state index is 0. The van der Waals surface area contributed by atoms with Crippen LogP contribution in [0.2, 0.25) is 0 Å². The number of fused-ring (bicyclic) bond motifs is 1. The van der Waals surface area contributed by atoms with Gasteiger partial charge in [-0.2, -0.15) is 0 Å². The smallest absolute Gasteiger partial charge is 0.221 e. The van der Waals surface area contributed by atoms with Crippen molar-refractivity contribution >= 4 is 29.1 Å². The third-order valence-electron chi connectivity index (χ3n) is 5.15. The number of hydrogen-bond acceptors (Lipinski definition) is 4. The highest BCUT2D eigenvalue weighted by atomic mass is 35.5. The van der Waals surface area contributed by atoms with Crippen molar-refractivity contribution in [3.05, 3.63) is 42.0 Å². The van der Waals surface area contributed by atoms with Gasteiger partial charge in [-0.3, -0.25) is 9.69 Å². The van der Waals surface area contributed by atoms with Crippen molar-refractivity contribution in [2.45, 2.75) is 38.3 Å². The van der Waals surface area contributed by atoms with Crippen LogP contribution in [0.1, 0.15) is 31.2 Å². The molecule has 0 saturated carbocycles. The molecule has 1 atom stereocenters. The van der Waals surface area contributed by atoms with Crippen LogP contribution >= 0.6 is 12.4 Å².